The lowest BCUT2D eigenvalue weighted by Crippen LogP contribution is -2.56. The van der Waals surface area contributed by atoms with E-state index in [4.69, 9.17) is 4.74 Å². The summed E-state index contributed by atoms with van der Waals surface area (Å²) in [7, 11) is 0. The van der Waals surface area contributed by atoms with Crippen molar-refractivity contribution in [1.82, 2.24) is 9.80 Å². The topological polar surface area (TPSA) is 66.9 Å². The van der Waals surface area contributed by atoms with Crippen LogP contribution < -0.4 is 0 Å². The third-order valence-corrected chi connectivity index (χ3v) is 4.73. The molecule has 3 rings (SSSR count). The van der Waals surface area contributed by atoms with E-state index >= 15 is 0 Å². The van der Waals surface area contributed by atoms with Gasteiger partial charge < -0.3 is 14.5 Å². The summed E-state index contributed by atoms with van der Waals surface area (Å²) in [6, 6.07) is 7.93. The number of piperazine rings is 1. The van der Waals surface area contributed by atoms with Gasteiger partial charge in [0.2, 0.25) is 11.8 Å². The van der Waals surface area contributed by atoms with Crippen LogP contribution in [0, 0.1) is 0 Å². The van der Waals surface area contributed by atoms with Crippen LogP contribution >= 0.6 is 0 Å². The van der Waals surface area contributed by atoms with Gasteiger partial charge in [-0.3, -0.25) is 14.4 Å². The number of hydrogen-bond acceptors (Lipinski definition) is 4. The highest BCUT2D eigenvalue weighted by atomic mass is 16.5. The van der Waals surface area contributed by atoms with Gasteiger partial charge in [-0.25, -0.2) is 0 Å². The lowest BCUT2D eigenvalue weighted by Gasteiger charge is -2.46. The van der Waals surface area contributed by atoms with E-state index in [0.717, 1.165) is 5.56 Å². The van der Waals surface area contributed by atoms with Gasteiger partial charge in [-0.2, -0.15) is 0 Å². The fourth-order valence-corrected chi connectivity index (χ4v) is 3.59. The van der Waals surface area contributed by atoms with Crippen molar-refractivity contribution in [3.63, 3.8) is 0 Å². The van der Waals surface area contributed by atoms with Gasteiger partial charge in [-0.15, -0.1) is 0 Å². The van der Waals surface area contributed by atoms with Gasteiger partial charge in [0.1, 0.15) is 6.42 Å². The standard InChI is InChI=1S/C18H22N2O4/c1-3-24-18(23)8-16(21)19-10-15-14-7-5-4-6-13(14)12(2)9-20(15)17(22)11-19/h4-7,12,15H,3,8-11H2,1-2H3. The van der Waals surface area contributed by atoms with Gasteiger partial charge in [-0.05, 0) is 24.0 Å². The quantitative estimate of drug-likeness (QED) is 0.622. The monoisotopic (exact) mass is 330 g/mol. The van der Waals surface area contributed by atoms with E-state index < -0.39 is 5.97 Å². The molecule has 0 radical (unpaired) electrons. The Balaban J connectivity index is 1.80. The summed E-state index contributed by atoms with van der Waals surface area (Å²) in [4.78, 5) is 39.7. The van der Waals surface area contributed by atoms with E-state index in [0.29, 0.717) is 13.1 Å². The minimum atomic E-state index is -0.546. The number of carbonyl (C=O) groups excluding carboxylic acids is 3. The molecule has 0 spiro atoms. The molecule has 2 unspecified atom stereocenters. The van der Waals surface area contributed by atoms with Crippen LogP contribution in [0.2, 0.25) is 0 Å². The summed E-state index contributed by atoms with van der Waals surface area (Å²) in [6.45, 7) is 5.18. The predicted octanol–water partition coefficient (Wildman–Crippen LogP) is 1.47. The Morgan fingerprint density at radius 2 is 1.92 bits per heavy atom. The first-order valence-electron chi connectivity index (χ1n) is 8.33. The van der Waals surface area contributed by atoms with E-state index in [1.807, 2.05) is 23.1 Å². The summed E-state index contributed by atoms with van der Waals surface area (Å²) in [5, 5.41) is 0. The van der Waals surface area contributed by atoms with Crippen LogP contribution in [0.3, 0.4) is 0 Å². The minimum absolute atomic E-state index is 0.0314. The summed E-state index contributed by atoms with van der Waals surface area (Å²) >= 11 is 0. The molecule has 1 fully saturated rings. The number of fused-ring (bicyclic) bond motifs is 3. The second kappa shape index (κ2) is 6.63. The zero-order valence-electron chi connectivity index (χ0n) is 14.0. The molecule has 2 aliphatic heterocycles. The van der Waals surface area contributed by atoms with Crippen molar-refractivity contribution in [2.45, 2.75) is 32.2 Å². The predicted molar refractivity (Wildman–Crippen MR) is 87.1 cm³/mol. The number of amides is 2. The van der Waals surface area contributed by atoms with E-state index in [-0.39, 0.29) is 43.3 Å². The Bertz CT molecular complexity index is 673. The Hall–Kier alpha value is -2.37. The second-order valence-electron chi connectivity index (χ2n) is 6.35. The lowest BCUT2D eigenvalue weighted by atomic mass is 9.85. The minimum Gasteiger partial charge on any atom is -0.466 e. The summed E-state index contributed by atoms with van der Waals surface area (Å²) < 4.78 is 4.83. The van der Waals surface area contributed by atoms with Gasteiger partial charge >= 0.3 is 5.97 Å². The number of nitrogens with zero attached hydrogens (tertiary/aromatic N) is 2. The highest BCUT2D eigenvalue weighted by Gasteiger charge is 2.40. The van der Waals surface area contributed by atoms with Crippen LogP contribution in [0.5, 0.6) is 0 Å². The fourth-order valence-electron chi connectivity index (χ4n) is 3.59. The number of esters is 1. The average molecular weight is 330 g/mol. The highest BCUT2D eigenvalue weighted by molar-refractivity contribution is 5.96. The van der Waals surface area contributed by atoms with Gasteiger partial charge in [0, 0.05) is 13.1 Å². The van der Waals surface area contributed by atoms with E-state index in [1.54, 1.807) is 6.92 Å². The Labute approximate surface area is 141 Å². The lowest BCUT2D eigenvalue weighted by molar-refractivity contribution is -0.155. The van der Waals surface area contributed by atoms with Crippen LogP contribution in [-0.4, -0.2) is 53.8 Å². The average Bonchev–Trinajstić information content (AvgIpc) is 2.56. The normalized spacial score (nSPS) is 22.7. The molecule has 1 saturated heterocycles. The van der Waals surface area contributed by atoms with E-state index in [1.165, 1.54) is 10.5 Å². The Morgan fingerprint density at radius 3 is 2.62 bits per heavy atom. The van der Waals surface area contributed by atoms with Gasteiger partial charge in [-0.1, -0.05) is 31.2 Å². The fraction of sp³-hybridized carbons (Fsp3) is 0.500. The van der Waals surface area contributed by atoms with E-state index in [9.17, 15) is 14.4 Å². The molecule has 24 heavy (non-hydrogen) atoms. The van der Waals surface area contributed by atoms with Gasteiger partial charge in [0.15, 0.2) is 0 Å². The molecule has 2 atom stereocenters. The molecule has 6 heteroatoms. The molecular formula is C18H22N2O4. The molecule has 128 valence electrons. The second-order valence-corrected chi connectivity index (χ2v) is 6.35. The van der Waals surface area contributed by atoms with Crippen molar-refractivity contribution in [3.8, 4) is 0 Å². The summed E-state index contributed by atoms with van der Waals surface area (Å²) in [5.41, 5.74) is 2.32. The third-order valence-electron chi connectivity index (χ3n) is 4.73. The molecule has 0 aromatic heterocycles. The number of hydrogen-bond donors (Lipinski definition) is 0. The van der Waals surface area contributed by atoms with Crippen LogP contribution in [0.15, 0.2) is 24.3 Å². The first kappa shape index (κ1) is 16.5. The zero-order chi connectivity index (χ0) is 17.3. The molecule has 0 aliphatic carbocycles. The number of benzene rings is 1. The molecule has 0 saturated carbocycles. The third kappa shape index (κ3) is 3.00. The van der Waals surface area contributed by atoms with E-state index in [2.05, 4.69) is 13.0 Å². The Kier molecular flexibility index (Phi) is 4.55. The number of carbonyl (C=O) groups is 3. The molecule has 6 nitrogen and oxygen atoms in total. The van der Waals surface area contributed by atoms with Crippen molar-refractivity contribution >= 4 is 17.8 Å². The molecule has 0 N–H and O–H groups in total. The SMILES string of the molecule is CCOC(=O)CC(=O)N1CC(=O)N2CC(C)c3ccccc3C2C1. The van der Waals surface area contributed by atoms with Crippen molar-refractivity contribution in [2.75, 3.05) is 26.2 Å². The van der Waals surface area contributed by atoms with Gasteiger partial charge in [0.25, 0.3) is 0 Å². The van der Waals surface area contributed by atoms with Gasteiger partial charge in [0.05, 0.1) is 19.2 Å². The molecule has 1 aromatic carbocycles. The molecule has 1 aromatic rings. The van der Waals surface area contributed by atoms with Crippen LogP contribution in [0.1, 0.15) is 43.4 Å². The van der Waals surface area contributed by atoms with Crippen LogP contribution in [0.4, 0.5) is 0 Å². The first-order valence-corrected chi connectivity index (χ1v) is 8.33. The van der Waals surface area contributed by atoms with Crippen LogP contribution in [-0.2, 0) is 19.1 Å². The number of rotatable bonds is 3. The summed E-state index contributed by atoms with van der Waals surface area (Å²) in [5.74, 6) is -0.680. The van der Waals surface area contributed by atoms with Crippen molar-refractivity contribution in [2.24, 2.45) is 0 Å². The molecule has 2 heterocycles. The first-order chi connectivity index (χ1) is 11.5. The largest absolute Gasteiger partial charge is 0.466 e. The van der Waals surface area contributed by atoms with Crippen molar-refractivity contribution < 1.29 is 19.1 Å². The molecule has 0 bridgehead atoms. The maximum Gasteiger partial charge on any atom is 0.315 e. The Morgan fingerprint density at radius 1 is 1.21 bits per heavy atom. The maximum absolute atomic E-state index is 12.5. The molecule has 2 amide bonds. The zero-order valence-corrected chi connectivity index (χ0v) is 14.0. The van der Waals surface area contributed by atoms with Crippen molar-refractivity contribution in [1.29, 1.82) is 0 Å². The molecule has 2 aliphatic rings. The maximum atomic E-state index is 12.5. The van der Waals surface area contributed by atoms with Crippen LogP contribution in [0.25, 0.3) is 0 Å². The number of ether oxygens (including phenoxy) is 1. The highest BCUT2D eigenvalue weighted by Crippen LogP contribution is 2.38. The van der Waals surface area contributed by atoms with Crippen molar-refractivity contribution in [3.05, 3.63) is 35.4 Å². The summed E-state index contributed by atoms with van der Waals surface area (Å²) in [6.07, 6.45) is -0.314. The molecular weight excluding hydrogens is 308 g/mol. The smallest absolute Gasteiger partial charge is 0.315 e.